The maximum Gasteiger partial charge on any atom is 0.00455 e. The van der Waals surface area contributed by atoms with E-state index in [1.807, 2.05) is 0 Å². The van der Waals surface area contributed by atoms with Gasteiger partial charge in [0.1, 0.15) is 0 Å². The molecule has 0 fully saturated rings. The van der Waals surface area contributed by atoms with Crippen LogP contribution >= 0.6 is 0 Å². The average molecular weight is 205 g/mol. The molecule has 0 spiro atoms. The highest BCUT2D eigenvalue weighted by atomic mass is 14.9. The van der Waals surface area contributed by atoms with Crippen molar-refractivity contribution in [1.29, 1.82) is 0 Å². The van der Waals surface area contributed by atoms with E-state index >= 15 is 0 Å². The molecular formula is C14H23N. The molecule has 1 rings (SSSR count). The molecule has 15 heavy (non-hydrogen) atoms. The van der Waals surface area contributed by atoms with Crippen molar-refractivity contribution in [3.8, 4) is 0 Å². The standard InChI is InChI=1S/C14H23N/c1-11(2)15-10-14(4,5)13-8-6-12(3)7-9-13/h6-9,11,15H,10H2,1-5H3. The molecule has 1 aromatic carbocycles. The molecule has 0 aliphatic heterocycles. The van der Waals surface area contributed by atoms with Gasteiger partial charge in [0.15, 0.2) is 0 Å². The van der Waals surface area contributed by atoms with Gasteiger partial charge in [0, 0.05) is 18.0 Å². The van der Waals surface area contributed by atoms with Crippen molar-refractivity contribution in [1.82, 2.24) is 5.32 Å². The molecule has 1 N–H and O–H groups in total. The summed E-state index contributed by atoms with van der Waals surface area (Å²) in [5, 5.41) is 3.50. The first-order valence-corrected chi connectivity index (χ1v) is 5.72. The van der Waals surface area contributed by atoms with Crippen LogP contribution in [0.25, 0.3) is 0 Å². The van der Waals surface area contributed by atoms with E-state index < -0.39 is 0 Å². The van der Waals surface area contributed by atoms with Crippen LogP contribution < -0.4 is 5.32 Å². The largest absolute Gasteiger partial charge is 0.314 e. The fourth-order valence-electron chi connectivity index (χ4n) is 1.57. The highest BCUT2D eigenvalue weighted by molar-refractivity contribution is 5.27. The number of rotatable bonds is 4. The Bertz CT molecular complexity index is 296. The van der Waals surface area contributed by atoms with E-state index in [0.717, 1.165) is 6.54 Å². The lowest BCUT2D eigenvalue weighted by atomic mass is 9.84. The summed E-state index contributed by atoms with van der Waals surface area (Å²) in [7, 11) is 0. The number of hydrogen-bond donors (Lipinski definition) is 1. The van der Waals surface area contributed by atoms with Crippen LogP contribution in [0.1, 0.15) is 38.8 Å². The summed E-state index contributed by atoms with van der Waals surface area (Å²) in [6.07, 6.45) is 0. The zero-order chi connectivity index (χ0) is 11.5. The molecule has 0 saturated heterocycles. The van der Waals surface area contributed by atoms with Gasteiger partial charge in [-0.3, -0.25) is 0 Å². The summed E-state index contributed by atoms with van der Waals surface area (Å²) in [4.78, 5) is 0. The van der Waals surface area contributed by atoms with Gasteiger partial charge < -0.3 is 5.32 Å². The third-order valence-corrected chi connectivity index (χ3v) is 2.79. The van der Waals surface area contributed by atoms with Gasteiger partial charge in [0.2, 0.25) is 0 Å². The van der Waals surface area contributed by atoms with Gasteiger partial charge >= 0.3 is 0 Å². The van der Waals surface area contributed by atoms with Gasteiger partial charge in [-0.15, -0.1) is 0 Å². The van der Waals surface area contributed by atoms with Crippen LogP contribution in [-0.2, 0) is 5.41 Å². The molecule has 0 atom stereocenters. The summed E-state index contributed by atoms with van der Waals surface area (Å²) < 4.78 is 0. The Labute approximate surface area is 93.9 Å². The van der Waals surface area contributed by atoms with Crippen LogP contribution in [0.4, 0.5) is 0 Å². The molecule has 0 radical (unpaired) electrons. The molecule has 1 heteroatoms. The van der Waals surface area contributed by atoms with Crippen molar-refractivity contribution in [2.75, 3.05) is 6.54 Å². The summed E-state index contributed by atoms with van der Waals surface area (Å²) in [5.74, 6) is 0. The fourth-order valence-corrected chi connectivity index (χ4v) is 1.57. The zero-order valence-electron chi connectivity index (χ0n) is 10.6. The number of aryl methyl sites for hydroxylation is 1. The quantitative estimate of drug-likeness (QED) is 0.795. The van der Waals surface area contributed by atoms with Crippen LogP contribution in [0.15, 0.2) is 24.3 Å². The highest BCUT2D eigenvalue weighted by Gasteiger charge is 2.19. The van der Waals surface area contributed by atoms with Crippen molar-refractivity contribution >= 4 is 0 Å². The molecule has 84 valence electrons. The third-order valence-electron chi connectivity index (χ3n) is 2.79. The summed E-state index contributed by atoms with van der Waals surface area (Å²) >= 11 is 0. The molecule has 0 aromatic heterocycles. The minimum Gasteiger partial charge on any atom is -0.314 e. The van der Waals surface area contributed by atoms with Crippen LogP contribution in [0.2, 0.25) is 0 Å². The topological polar surface area (TPSA) is 12.0 Å². The lowest BCUT2D eigenvalue weighted by molar-refractivity contribution is 0.441. The molecule has 0 amide bonds. The SMILES string of the molecule is Cc1ccc(C(C)(C)CNC(C)C)cc1. The molecule has 0 heterocycles. The maximum atomic E-state index is 3.50. The molecule has 1 nitrogen and oxygen atoms in total. The predicted molar refractivity (Wildman–Crippen MR) is 67.3 cm³/mol. The monoisotopic (exact) mass is 205 g/mol. The highest BCUT2D eigenvalue weighted by Crippen LogP contribution is 2.22. The van der Waals surface area contributed by atoms with Crippen molar-refractivity contribution in [2.24, 2.45) is 0 Å². The van der Waals surface area contributed by atoms with Crippen molar-refractivity contribution in [3.63, 3.8) is 0 Å². The van der Waals surface area contributed by atoms with Gasteiger partial charge in [-0.2, -0.15) is 0 Å². The first-order valence-electron chi connectivity index (χ1n) is 5.72. The second kappa shape index (κ2) is 4.80. The maximum absolute atomic E-state index is 3.50. The number of benzene rings is 1. The van der Waals surface area contributed by atoms with Gasteiger partial charge in [0.05, 0.1) is 0 Å². The molecule has 0 bridgehead atoms. The Hall–Kier alpha value is -0.820. The Balaban J connectivity index is 2.72. The molecular weight excluding hydrogens is 182 g/mol. The predicted octanol–water partition coefficient (Wildman–Crippen LogP) is 3.27. The lowest BCUT2D eigenvalue weighted by Gasteiger charge is -2.27. The van der Waals surface area contributed by atoms with E-state index in [0.29, 0.717) is 6.04 Å². The van der Waals surface area contributed by atoms with E-state index in [1.54, 1.807) is 0 Å². The molecule has 0 saturated carbocycles. The smallest absolute Gasteiger partial charge is 0.00455 e. The van der Waals surface area contributed by atoms with E-state index in [-0.39, 0.29) is 5.41 Å². The van der Waals surface area contributed by atoms with Crippen LogP contribution in [0.3, 0.4) is 0 Å². The third kappa shape index (κ3) is 3.67. The van der Waals surface area contributed by atoms with Gasteiger partial charge in [-0.25, -0.2) is 0 Å². The molecule has 0 aliphatic carbocycles. The first kappa shape index (κ1) is 12.3. The fraction of sp³-hybridized carbons (Fsp3) is 0.571. The Morgan fingerprint density at radius 3 is 2.13 bits per heavy atom. The van der Waals surface area contributed by atoms with E-state index in [2.05, 4.69) is 64.2 Å². The zero-order valence-corrected chi connectivity index (χ0v) is 10.6. The average Bonchev–Trinajstić information content (AvgIpc) is 2.16. The van der Waals surface area contributed by atoms with Crippen LogP contribution in [0, 0.1) is 6.92 Å². The first-order chi connectivity index (χ1) is 6.92. The molecule has 1 aromatic rings. The Kier molecular flexibility index (Phi) is 3.92. The van der Waals surface area contributed by atoms with Gasteiger partial charge in [0.25, 0.3) is 0 Å². The van der Waals surface area contributed by atoms with Crippen molar-refractivity contribution in [3.05, 3.63) is 35.4 Å². The number of nitrogens with one attached hydrogen (secondary N) is 1. The van der Waals surface area contributed by atoms with Gasteiger partial charge in [-0.05, 0) is 12.5 Å². The van der Waals surface area contributed by atoms with E-state index in [1.165, 1.54) is 11.1 Å². The van der Waals surface area contributed by atoms with Crippen LogP contribution in [-0.4, -0.2) is 12.6 Å². The normalized spacial score (nSPS) is 12.1. The Morgan fingerprint density at radius 1 is 1.13 bits per heavy atom. The van der Waals surface area contributed by atoms with E-state index in [9.17, 15) is 0 Å². The number of hydrogen-bond acceptors (Lipinski definition) is 1. The van der Waals surface area contributed by atoms with Crippen molar-refractivity contribution in [2.45, 2.75) is 46.1 Å². The molecule has 0 aliphatic rings. The summed E-state index contributed by atoms with van der Waals surface area (Å²) in [5.41, 5.74) is 2.94. The Morgan fingerprint density at radius 2 is 1.67 bits per heavy atom. The summed E-state index contributed by atoms with van der Waals surface area (Å²) in [6.45, 7) is 12.1. The second-order valence-corrected chi connectivity index (χ2v) is 5.29. The minimum atomic E-state index is 0.206. The van der Waals surface area contributed by atoms with Crippen molar-refractivity contribution < 1.29 is 0 Å². The lowest BCUT2D eigenvalue weighted by Crippen LogP contribution is -2.36. The second-order valence-electron chi connectivity index (χ2n) is 5.29. The van der Waals surface area contributed by atoms with E-state index in [4.69, 9.17) is 0 Å². The molecule has 0 unspecified atom stereocenters. The summed E-state index contributed by atoms with van der Waals surface area (Å²) in [6, 6.07) is 9.39. The van der Waals surface area contributed by atoms with Gasteiger partial charge in [-0.1, -0.05) is 57.5 Å². The van der Waals surface area contributed by atoms with Crippen LogP contribution in [0.5, 0.6) is 0 Å². The minimum absolute atomic E-state index is 0.206.